The summed E-state index contributed by atoms with van der Waals surface area (Å²) in [5.41, 5.74) is 1.96. The highest BCUT2D eigenvalue weighted by atomic mass is 32.1. The largest absolute Gasteiger partial charge is 0.279 e. The fraction of sp³-hybridized carbons (Fsp3) is 0.100. The molecule has 1 N–H and O–H groups in total. The van der Waals surface area contributed by atoms with Crippen LogP contribution in [0, 0.1) is 4.77 Å². The Balaban J connectivity index is 2.30. The highest BCUT2D eigenvalue weighted by molar-refractivity contribution is 7.71. The van der Waals surface area contributed by atoms with Crippen LogP contribution in [0.3, 0.4) is 0 Å². The van der Waals surface area contributed by atoms with E-state index in [1.54, 1.807) is 15.4 Å². The molecule has 0 saturated carbocycles. The molecular weight excluding hydrogens is 222 g/mol. The summed E-state index contributed by atoms with van der Waals surface area (Å²) in [5.74, 6) is 0.744. The van der Waals surface area contributed by atoms with Gasteiger partial charge in [0.05, 0.1) is 17.3 Å². The van der Waals surface area contributed by atoms with E-state index in [4.69, 9.17) is 12.2 Å². The van der Waals surface area contributed by atoms with Crippen LogP contribution in [0.5, 0.6) is 0 Å². The second-order valence-corrected chi connectivity index (χ2v) is 3.87. The third kappa shape index (κ3) is 1.27. The van der Waals surface area contributed by atoms with Crippen LogP contribution in [0.2, 0.25) is 0 Å². The molecule has 0 aromatic carbocycles. The smallest absolute Gasteiger partial charge is 0.216 e. The van der Waals surface area contributed by atoms with Crippen LogP contribution in [-0.4, -0.2) is 24.4 Å². The predicted octanol–water partition coefficient (Wildman–Crippen LogP) is 1.79. The van der Waals surface area contributed by atoms with Crippen molar-refractivity contribution in [2.24, 2.45) is 7.05 Å². The lowest BCUT2D eigenvalue weighted by atomic mass is 10.2. The molecule has 6 heteroatoms. The van der Waals surface area contributed by atoms with E-state index in [2.05, 4.69) is 15.2 Å². The molecule has 0 fully saturated rings. The maximum Gasteiger partial charge on any atom is 0.216 e. The van der Waals surface area contributed by atoms with E-state index < -0.39 is 0 Å². The minimum atomic E-state index is 0.533. The van der Waals surface area contributed by atoms with E-state index in [1.807, 2.05) is 31.4 Å². The Bertz CT molecular complexity index is 705. The Hall–Kier alpha value is -1.95. The number of pyridine rings is 1. The Morgan fingerprint density at radius 3 is 3.00 bits per heavy atom. The summed E-state index contributed by atoms with van der Waals surface area (Å²) in [4.78, 5) is 4.27. The number of hydrogen-bond donors (Lipinski definition) is 1. The van der Waals surface area contributed by atoms with Gasteiger partial charge in [-0.2, -0.15) is 10.1 Å². The molecule has 3 aromatic rings. The summed E-state index contributed by atoms with van der Waals surface area (Å²) in [6.45, 7) is 0. The summed E-state index contributed by atoms with van der Waals surface area (Å²) in [7, 11) is 1.84. The summed E-state index contributed by atoms with van der Waals surface area (Å²) in [5, 5.41) is 7.33. The summed E-state index contributed by atoms with van der Waals surface area (Å²) in [6.07, 6.45) is 3.68. The molecule has 3 rings (SSSR count). The second kappa shape index (κ2) is 3.28. The number of nitrogens with zero attached hydrogens (tertiary/aromatic N) is 4. The number of aromatic amines is 1. The van der Waals surface area contributed by atoms with Gasteiger partial charge in [-0.25, -0.2) is 4.52 Å². The van der Waals surface area contributed by atoms with Crippen molar-refractivity contribution in [3.8, 4) is 11.4 Å². The lowest BCUT2D eigenvalue weighted by Gasteiger charge is -1.94. The van der Waals surface area contributed by atoms with Gasteiger partial charge in [-0.05, 0) is 24.4 Å². The Morgan fingerprint density at radius 1 is 1.38 bits per heavy atom. The summed E-state index contributed by atoms with van der Waals surface area (Å²) >= 11 is 5.06. The van der Waals surface area contributed by atoms with Crippen molar-refractivity contribution in [3.63, 3.8) is 0 Å². The van der Waals surface area contributed by atoms with Gasteiger partial charge in [0.25, 0.3) is 0 Å². The molecule has 80 valence electrons. The van der Waals surface area contributed by atoms with Gasteiger partial charge in [-0.15, -0.1) is 0 Å². The van der Waals surface area contributed by atoms with Gasteiger partial charge in [-0.3, -0.25) is 9.78 Å². The molecule has 0 aliphatic heterocycles. The molecule has 0 unspecified atom stereocenters. The van der Waals surface area contributed by atoms with Crippen molar-refractivity contribution in [2.75, 3.05) is 0 Å². The molecule has 5 nitrogen and oxygen atoms in total. The van der Waals surface area contributed by atoms with Crippen LogP contribution in [0.25, 0.3) is 16.9 Å². The zero-order chi connectivity index (χ0) is 11.1. The molecule has 0 spiro atoms. The first-order valence-corrected chi connectivity index (χ1v) is 5.22. The number of rotatable bonds is 1. The third-order valence-corrected chi connectivity index (χ3v) is 2.81. The van der Waals surface area contributed by atoms with E-state index in [-0.39, 0.29) is 0 Å². The molecule has 3 heterocycles. The van der Waals surface area contributed by atoms with Crippen molar-refractivity contribution >= 4 is 17.7 Å². The average Bonchev–Trinajstić information content (AvgIpc) is 2.83. The van der Waals surface area contributed by atoms with Crippen LogP contribution < -0.4 is 0 Å². The fourth-order valence-corrected chi connectivity index (χ4v) is 1.78. The lowest BCUT2D eigenvalue weighted by molar-refractivity contribution is 0.756. The van der Waals surface area contributed by atoms with Gasteiger partial charge in [0.2, 0.25) is 4.77 Å². The maximum absolute atomic E-state index is 5.06. The van der Waals surface area contributed by atoms with Crippen molar-refractivity contribution in [2.45, 2.75) is 0 Å². The van der Waals surface area contributed by atoms with Gasteiger partial charge in [0, 0.05) is 13.2 Å². The van der Waals surface area contributed by atoms with Crippen LogP contribution >= 0.6 is 12.2 Å². The molecule has 3 aromatic heterocycles. The quantitative estimate of drug-likeness (QED) is 0.650. The molecule has 0 atom stereocenters. The topological polar surface area (TPSA) is 50.9 Å². The number of aryl methyl sites for hydroxylation is 1. The fourth-order valence-electron chi connectivity index (χ4n) is 1.64. The van der Waals surface area contributed by atoms with Crippen LogP contribution in [-0.2, 0) is 7.05 Å². The highest BCUT2D eigenvalue weighted by Crippen LogP contribution is 2.20. The molecule has 0 saturated heterocycles. The van der Waals surface area contributed by atoms with E-state index in [0.29, 0.717) is 4.77 Å². The third-order valence-electron chi connectivity index (χ3n) is 2.45. The summed E-state index contributed by atoms with van der Waals surface area (Å²) in [6, 6.07) is 5.90. The maximum atomic E-state index is 5.06. The van der Waals surface area contributed by atoms with Crippen molar-refractivity contribution in [1.29, 1.82) is 0 Å². The van der Waals surface area contributed by atoms with Crippen molar-refractivity contribution < 1.29 is 0 Å². The number of H-pyrrole nitrogens is 1. The van der Waals surface area contributed by atoms with Gasteiger partial charge in [-0.1, -0.05) is 6.07 Å². The highest BCUT2D eigenvalue weighted by Gasteiger charge is 2.09. The average molecular weight is 231 g/mol. The number of nitrogens with one attached hydrogen (secondary N) is 1. The molecule has 0 aliphatic rings. The van der Waals surface area contributed by atoms with Gasteiger partial charge >= 0.3 is 0 Å². The first-order chi connectivity index (χ1) is 7.75. The van der Waals surface area contributed by atoms with E-state index in [1.165, 1.54) is 0 Å². The first-order valence-electron chi connectivity index (χ1n) is 4.81. The minimum Gasteiger partial charge on any atom is -0.279 e. The van der Waals surface area contributed by atoms with E-state index >= 15 is 0 Å². The molecule has 0 bridgehead atoms. The predicted molar refractivity (Wildman–Crippen MR) is 62.6 cm³/mol. The molecular formula is C10H9N5S. The Morgan fingerprint density at radius 2 is 2.25 bits per heavy atom. The van der Waals surface area contributed by atoms with Crippen molar-refractivity contribution in [3.05, 3.63) is 35.4 Å². The first kappa shape index (κ1) is 9.29. The van der Waals surface area contributed by atoms with Gasteiger partial charge in [0.1, 0.15) is 0 Å². The zero-order valence-electron chi connectivity index (χ0n) is 8.58. The minimum absolute atomic E-state index is 0.533. The van der Waals surface area contributed by atoms with Crippen LogP contribution in [0.15, 0.2) is 30.6 Å². The standard InChI is InChI=1S/C10H9N5S/c1-14-10(16)12-9(13-14)7-6-11-15-5-3-2-4-8(7)15/h2-6H,1H3,(H,12,13,16). The van der Waals surface area contributed by atoms with E-state index in [9.17, 15) is 0 Å². The SMILES string of the molecule is Cn1[nH]c(-c2cnn3ccccc23)nc1=S. The zero-order valence-corrected chi connectivity index (χ0v) is 9.40. The molecule has 0 aliphatic carbocycles. The Kier molecular flexibility index (Phi) is 1.90. The number of fused-ring (bicyclic) bond motifs is 1. The number of aromatic nitrogens is 5. The molecule has 16 heavy (non-hydrogen) atoms. The van der Waals surface area contributed by atoms with Crippen LogP contribution in [0.4, 0.5) is 0 Å². The molecule has 0 amide bonds. The lowest BCUT2D eigenvalue weighted by Crippen LogP contribution is -1.89. The second-order valence-electron chi connectivity index (χ2n) is 3.50. The van der Waals surface area contributed by atoms with Crippen LogP contribution in [0.1, 0.15) is 0 Å². The monoisotopic (exact) mass is 231 g/mol. The Labute approximate surface area is 96.3 Å². The molecule has 0 radical (unpaired) electrons. The van der Waals surface area contributed by atoms with E-state index in [0.717, 1.165) is 16.9 Å². The number of hydrogen-bond acceptors (Lipinski definition) is 3. The van der Waals surface area contributed by atoms with Gasteiger partial charge in [0.15, 0.2) is 5.82 Å². The van der Waals surface area contributed by atoms with Gasteiger partial charge < -0.3 is 0 Å². The van der Waals surface area contributed by atoms with Crippen molar-refractivity contribution in [1.82, 2.24) is 24.4 Å². The summed E-state index contributed by atoms with van der Waals surface area (Å²) < 4.78 is 4.04. The normalized spacial score (nSPS) is 11.1.